The Morgan fingerprint density at radius 1 is 1.64 bits per heavy atom. The molecule has 52 valence electrons. The summed E-state index contributed by atoms with van der Waals surface area (Å²) in [5.74, 6) is -0.722. The summed E-state index contributed by atoms with van der Waals surface area (Å²) < 4.78 is 4.81. The zero-order chi connectivity index (χ0) is 7.40. The Kier molecular flexibility index (Phi) is 4.94. The van der Waals surface area contributed by atoms with Crippen LogP contribution in [0.1, 0.15) is 5.76 Å². The molecular weight excluding hydrogens is 155 g/mol. The van der Waals surface area contributed by atoms with Gasteiger partial charge in [-0.25, -0.2) is 0 Å². The summed E-state index contributed by atoms with van der Waals surface area (Å²) in [6.45, 7) is 0. The third kappa shape index (κ3) is 4.03. The second-order valence-electron chi connectivity index (χ2n) is 1.67. The third-order valence-corrected chi connectivity index (χ3v) is 0.927. The van der Waals surface area contributed by atoms with Gasteiger partial charge in [0, 0.05) is 0 Å². The van der Waals surface area contributed by atoms with Gasteiger partial charge in [-0.1, -0.05) is 0 Å². The summed E-state index contributed by atoms with van der Waals surface area (Å²) in [4.78, 5) is 9.85. The van der Waals surface area contributed by atoms with Crippen molar-refractivity contribution in [3.8, 4) is 0 Å². The number of carboxylic acid groups (broad SMARTS) is 1. The Labute approximate surface area is 86.0 Å². The molecule has 0 saturated heterocycles. The first-order chi connectivity index (χ1) is 4.79. The topological polar surface area (TPSA) is 53.3 Å². The van der Waals surface area contributed by atoms with Crippen molar-refractivity contribution < 1.29 is 43.9 Å². The van der Waals surface area contributed by atoms with E-state index in [1.54, 1.807) is 12.1 Å². The standard InChI is InChI=1S/C7H6O3.Na/c8-7(9)4-3-6-2-1-5-10-6;/h1-5H,(H,8,9);/q;+1/p-1/b4-3+;. The third-order valence-electron chi connectivity index (χ3n) is 0.927. The number of aliphatic carboxylic acids is 1. The number of carbonyl (C=O) groups is 1. The van der Waals surface area contributed by atoms with E-state index in [4.69, 9.17) is 4.42 Å². The van der Waals surface area contributed by atoms with Crippen molar-refractivity contribution in [1.82, 2.24) is 0 Å². The molecule has 11 heavy (non-hydrogen) atoms. The Balaban J connectivity index is 0.000001000. The van der Waals surface area contributed by atoms with Crippen LogP contribution in [0.3, 0.4) is 0 Å². The number of hydrogen-bond donors (Lipinski definition) is 0. The molecule has 1 aromatic heterocycles. The average molecular weight is 160 g/mol. The zero-order valence-electron chi connectivity index (χ0n) is 6.11. The molecule has 0 unspecified atom stereocenters. The van der Waals surface area contributed by atoms with Gasteiger partial charge in [0.2, 0.25) is 0 Å². The maximum Gasteiger partial charge on any atom is 1.00 e. The van der Waals surface area contributed by atoms with Crippen LogP contribution in [0.5, 0.6) is 0 Å². The van der Waals surface area contributed by atoms with Crippen molar-refractivity contribution in [3.63, 3.8) is 0 Å². The van der Waals surface area contributed by atoms with E-state index in [0.29, 0.717) is 5.76 Å². The number of carboxylic acids is 1. The molecule has 0 saturated carbocycles. The van der Waals surface area contributed by atoms with Crippen LogP contribution >= 0.6 is 0 Å². The molecule has 0 spiro atoms. The van der Waals surface area contributed by atoms with Crippen LogP contribution in [0.25, 0.3) is 6.08 Å². The van der Waals surface area contributed by atoms with E-state index in [1.165, 1.54) is 12.3 Å². The summed E-state index contributed by atoms with van der Waals surface area (Å²) in [5.41, 5.74) is 0. The van der Waals surface area contributed by atoms with Gasteiger partial charge in [0.15, 0.2) is 0 Å². The first-order valence-corrected chi connectivity index (χ1v) is 2.71. The molecule has 0 aromatic carbocycles. The van der Waals surface area contributed by atoms with Gasteiger partial charge in [-0.2, -0.15) is 0 Å². The molecule has 1 aromatic rings. The maximum absolute atomic E-state index is 9.85. The minimum absolute atomic E-state index is 0. The minimum atomic E-state index is -1.23. The van der Waals surface area contributed by atoms with Crippen molar-refractivity contribution in [3.05, 3.63) is 30.2 Å². The van der Waals surface area contributed by atoms with E-state index in [2.05, 4.69) is 0 Å². The molecular formula is C7H5NaO3. The number of carbonyl (C=O) groups excluding carboxylic acids is 1. The molecule has 1 rings (SSSR count). The number of rotatable bonds is 2. The van der Waals surface area contributed by atoms with Crippen LogP contribution in [0.4, 0.5) is 0 Å². The average Bonchev–Trinajstić information content (AvgIpc) is 2.34. The van der Waals surface area contributed by atoms with Gasteiger partial charge in [-0.05, 0) is 24.3 Å². The van der Waals surface area contributed by atoms with Gasteiger partial charge in [0.1, 0.15) is 5.76 Å². The first-order valence-electron chi connectivity index (χ1n) is 2.71. The van der Waals surface area contributed by atoms with Gasteiger partial charge in [-0.15, -0.1) is 0 Å². The van der Waals surface area contributed by atoms with Crippen molar-refractivity contribution in [2.24, 2.45) is 0 Å². The molecule has 0 aliphatic rings. The molecule has 4 heteroatoms. The summed E-state index contributed by atoms with van der Waals surface area (Å²) >= 11 is 0. The Morgan fingerprint density at radius 2 is 2.36 bits per heavy atom. The second kappa shape index (κ2) is 5.18. The quantitative estimate of drug-likeness (QED) is 0.343. The second-order valence-corrected chi connectivity index (χ2v) is 1.67. The van der Waals surface area contributed by atoms with Crippen LogP contribution in [0.15, 0.2) is 28.9 Å². The van der Waals surface area contributed by atoms with Crippen molar-refractivity contribution >= 4 is 12.0 Å². The van der Waals surface area contributed by atoms with Crippen LogP contribution in [-0.2, 0) is 4.79 Å². The predicted molar refractivity (Wildman–Crippen MR) is 32.7 cm³/mol. The maximum atomic E-state index is 9.85. The van der Waals surface area contributed by atoms with E-state index in [-0.39, 0.29) is 29.6 Å². The van der Waals surface area contributed by atoms with E-state index in [0.717, 1.165) is 6.08 Å². The van der Waals surface area contributed by atoms with Crippen LogP contribution in [-0.4, -0.2) is 5.97 Å². The number of furan rings is 1. The van der Waals surface area contributed by atoms with Crippen molar-refractivity contribution in [1.29, 1.82) is 0 Å². The molecule has 0 aliphatic heterocycles. The summed E-state index contributed by atoms with van der Waals surface area (Å²) in [7, 11) is 0. The summed E-state index contributed by atoms with van der Waals surface area (Å²) in [6, 6.07) is 3.33. The molecule has 0 N–H and O–H groups in total. The molecule has 0 radical (unpaired) electrons. The normalized spacial score (nSPS) is 9.45. The Hall–Kier alpha value is -0.510. The van der Waals surface area contributed by atoms with Crippen LogP contribution in [0.2, 0.25) is 0 Å². The van der Waals surface area contributed by atoms with E-state index < -0.39 is 5.97 Å². The molecule has 0 fully saturated rings. The Morgan fingerprint density at radius 3 is 2.82 bits per heavy atom. The SMILES string of the molecule is O=C([O-])/C=C/c1ccco1.[Na+]. The zero-order valence-corrected chi connectivity index (χ0v) is 8.11. The Bertz CT molecular complexity index is 238. The minimum Gasteiger partial charge on any atom is -0.545 e. The van der Waals surface area contributed by atoms with Gasteiger partial charge in [0.05, 0.1) is 12.2 Å². The van der Waals surface area contributed by atoms with Gasteiger partial charge < -0.3 is 14.3 Å². The van der Waals surface area contributed by atoms with Gasteiger partial charge in [-0.3, -0.25) is 0 Å². The van der Waals surface area contributed by atoms with E-state index in [9.17, 15) is 9.90 Å². The fourth-order valence-electron chi connectivity index (χ4n) is 0.536. The largest absolute Gasteiger partial charge is 1.00 e. The number of hydrogen-bond acceptors (Lipinski definition) is 3. The fraction of sp³-hybridized carbons (Fsp3) is 0. The summed E-state index contributed by atoms with van der Waals surface area (Å²) in [5, 5.41) is 9.85. The van der Waals surface area contributed by atoms with Gasteiger partial charge in [0.25, 0.3) is 0 Å². The first kappa shape index (κ1) is 10.5. The molecule has 0 atom stereocenters. The van der Waals surface area contributed by atoms with Crippen LogP contribution < -0.4 is 34.7 Å². The van der Waals surface area contributed by atoms with Crippen molar-refractivity contribution in [2.45, 2.75) is 0 Å². The molecule has 0 bridgehead atoms. The van der Waals surface area contributed by atoms with Gasteiger partial charge >= 0.3 is 29.6 Å². The molecule has 1 heterocycles. The fourth-order valence-corrected chi connectivity index (χ4v) is 0.536. The van der Waals surface area contributed by atoms with E-state index >= 15 is 0 Å². The summed E-state index contributed by atoms with van der Waals surface area (Å²) in [6.07, 6.45) is 3.71. The molecule has 3 nitrogen and oxygen atoms in total. The smallest absolute Gasteiger partial charge is 0.545 e. The van der Waals surface area contributed by atoms with E-state index in [1.807, 2.05) is 0 Å². The monoisotopic (exact) mass is 160 g/mol. The van der Waals surface area contributed by atoms with Crippen molar-refractivity contribution in [2.75, 3.05) is 0 Å². The predicted octanol–water partition coefficient (Wildman–Crippen LogP) is -2.95. The molecule has 0 aliphatic carbocycles. The molecule has 0 amide bonds. The van der Waals surface area contributed by atoms with Crippen LogP contribution in [0, 0.1) is 0 Å².